The molecule has 0 aliphatic carbocycles. The van der Waals surface area contributed by atoms with Gasteiger partial charge >= 0.3 is 0 Å². The molecule has 2 rings (SSSR count). The van der Waals surface area contributed by atoms with E-state index >= 15 is 0 Å². The summed E-state index contributed by atoms with van der Waals surface area (Å²) in [7, 11) is 1.84. The molecule has 2 aromatic heterocycles. The number of carbonyl (C=O) groups is 2. The largest absolute Gasteiger partial charge is 0.365 e. The Kier molecular flexibility index (Phi) is 5.54. The van der Waals surface area contributed by atoms with Gasteiger partial charge in [-0.2, -0.15) is 5.10 Å². The van der Waals surface area contributed by atoms with Gasteiger partial charge in [0, 0.05) is 31.4 Å². The van der Waals surface area contributed by atoms with Crippen molar-refractivity contribution in [1.82, 2.24) is 19.5 Å². The maximum absolute atomic E-state index is 12.2. The van der Waals surface area contributed by atoms with Gasteiger partial charge < -0.3 is 10.6 Å². The number of unbranched alkanes of at least 4 members (excludes halogenated alkanes) is 1. The van der Waals surface area contributed by atoms with Crippen LogP contribution in [0.15, 0.2) is 6.20 Å². The minimum atomic E-state index is -0.545. The Hall–Kier alpha value is -2.44. The maximum Gasteiger partial charge on any atom is 0.254 e. The van der Waals surface area contributed by atoms with Crippen molar-refractivity contribution in [1.29, 1.82) is 0 Å². The van der Waals surface area contributed by atoms with Crippen molar-refractivity contribution in [3.8, 4) is 0 Å². The molecule has 0 spiro atoms. The van der Waals surface area contributed by atoms with E-state index in [4.69, 9.17) is 5.73 Å². The van der Waals surface area contributed by atoms with Gasteiger partial charge in [0.2, 0.25) is 5.91 Å². The van der Waals surface area contributed by atoms with Crippen LogP contribution in [0.2, 0.25) is 0 Å². The molecule has 130 valence electrons. The molecule has 2 aromatic rings. The smallest absolute Gasteiger partial charge is 0.254 e. The maximum atomic E-state index is 12.2. The summed E-state index contributed by atoms with van der Waals surface area (Å²) in [4.78, 5) is 29.9. The van der Waals surface area contributed by atoms with Crippen LogP contribution < -0.4 is 5.73 Å². The molecular weight excluding hydrogens is 306 g/mol. The van der Waals surface area contributed by atoms with Gasteiger partial charge in [-0.3, -0.25) is 9.59 Å². The zero-order valence-corrected chi connectivity index (χ0v) is 14.8. The second-order valence-corrected chi connectivity index (χ2v) is 6.09. The molecular formula is C17H25N5O2. The zero-order valence-electron chi connectivity index (χ0n) is 14.8. The summed E-state index contributed by atoms with van der Waals surface area (Å²) in [5, 5.41) is 4.20. The van der Waals surface area contributed by atoms with E-state index in [0.29, 0.717) is 24.1 Å². The molecule has 0 bridgehead atoms. The molecule has 0 radical (unpaired) electrons. The van der Waals surface area contributed by atoms with Crippen LogP contribution in [0, 0.1) is 13.8 Å². The van der Waals surface area contributed by atoms with Crippen molar-refractivity contribution in [2.45, 2.75) is 46.5 Å². The first-order valence-electron chi connectivity index (χ1n) is 8.24. The molecule has 2 heterocycles. The van der Waals surface area contributed by atoms with Crippen LogP contribution in [0.1, 0.15) is 53.5 Å². The summed E-state index contributed by atoms with van der Waals surface area (Å²) >= 11 is 0. The monoisotopic (exact) mass is 331 g/mol. The molecule has 0 fully saturated rings. The van der Waals surface area contributed by atoms with Gasteiger partial charge in [0.05, 0.1) is 6.20 Å². The molecule has 7 heteroatoms. The Bertz CT molecular complexity index is 766. The van der Waals surface area contributed by atoms with Crippen LogP contribution in [-0.4, -0.2) is 44.9 Å². The highest BCUT2D eigenvalue weighted by Gasteiger charge is 2.17. The van der Waals surface area contributed by atoms with Crippen molar-refractivity contribution in [3.63, 3.8) is 0 Å². The van der Waals surface area contributed by atoms with E-state index in [0.717, 1.165) is 36.3 Å². The zero-order chi connectivity index (χ0) is 17.9. The van der Waals surface area contributed by atoms with Gasteiger partial charge in [0.15, 0.2) is 5.65 Å². The average Bonchev–Trinajstić information content (AvgIpc) is 2.96. The Balaban J connectivity index is 2.21. The minimum Gasteiger partial charge on any atom is -0.365 e. The van der Waals surface area contributed by atoms with Crippen LogP contribution in [0.4, 0.5) is 0 Å². The molecule has 2 N–H and O–H groups in total. The summed E-state index contributed by atoms with van der Waals surface area (Å²) in [5.41, 5.74) is 8.79. The molecule has 24 heavy (non-hydrogen) atoms. The lowest BCUT2D eigenvalue weighted by Gasteiger charge is -2.17. The van der Waals surface area contributed by atoms with Crippen LogP contribution in [0.25, 0.3) is 5.65 Å². The number of hydrogen-bond donors (Lipinski definition) is 1. The molecule has 0 saturated heterocycles. The van der Waals surface area contributed by atoms with E-state index in [2.05, 4.69) is 17.0 Å². The fraction of sp³-hybridized carbons (Fsp3) is 0.529. The lowest BCUT2D eigenvalue weighted by Crippen LogP contribution is -2.28. The number of nitrogens with zero attached hydrogens (tertiary/aromatic N) is 4. The van der Waals surface area contributed by atoms with Gasteiger partial charge in [0.25, 0.3) is 5.91 Å². The van der Waals surface area contributed by atoms with E-state index in [9.17, 15) is 9.59 Å². The van der Waals surface area contributed by atoms with Gasteiger partial charge in [-0.15, -0.1) is 0 Å². The Labute approximate surface area is 141 Å². The topological polar surface area (TPSA) is 93.6 Å². The van der Waals surface area contributed by atoms with Crippen molar-refractivity contribution in [2.24, 2.45) is 5.73 Å². The quantitative estimate of drug-likeness (QED) is 0.834. The number of aromatic nitrogens is 3. The first-order chi connectivity index (χ1) is 11.4. The Morgan fingerprint density at radius 1 is 1.33 bits per heavy atom. The fourth-order valence-corrected chi connectivity index (χ4v) is 2.79. The first-order valence-corrected chi connectivity index (χ1v) is 8.24. The summed E-state index contributed by atoms with van der Waals surface area (Å²) in [6.07, 6.45) is 4.54. The highest BCUT2D eigenvalue weighted by molar-refractivity contribution is 5.98. The SMILES string of the molecule is CCCCN(C)C(=O)CCc1c(C)nc2c(C(N)=O)cnn2c1C. The minimum absolute atomic E-state index is 0.126. The third-order valence-corrected chi connectivity index (χ3v) is 4.34. The number of rotatable bonds is 7. The van der Waals surface area contributed by atoms with Gasteiger partial charge in [0.1, 0.15) is 5.56 Å². The second-order valence-electron chi connectivity index (χ2n) is 6.09. The molecule has 2 amide bonds. The van der Waals surface area contributed by atoms with E-state index < -0.39 is 5.91 Å². The van der Waals surface area contributed by atoms with Gasteiger partial charge in [-0.1, -0.05) is 13.3 Å². The number of nitrogens with two attached hydrogens (primary N) is 1. The molecule has 0 aliphatic heterocycles. The average molecular weight is 331 g/mol. The molecule has 0 atom stereocenters. The normalized spacial score (nSPS) is 11.0. The number of fused-ring (bicyclic) bond motifs is 1. The number of hydrogen-bond acceptors (Lipinski definition) is 4. The summed E-state index contributed by atoms with van der Waals surface area (Å²) < 4.78 is 1.62. The predicted octanol–water partition coefficient (Wildman–Crippen LogP) is 1.64. The van der Waals surface area contributed by atoms with Crippen LogP contribution in [-0.2, 0) is 11.2 Å². The van der Waals surface area contributed by atoms with Crippen LogP contribution in [0.5, 0.6) is 0 Å². The highest BCUT2D eigenvalue weighted by atomic mass is 16.2. The highest BCUT2D eigenvalue weighted by Crippen LogP contribution is 2.18. The Morgan fingerprint density at radius 2 is 2.04 bits per heavy atom. The molecule has 0 saturated carbocycles. The number of aryl methyl sites for hydroxylation is 2. The van der Waals surface area contributed by atoms with E-state index in [1.165, 1.54) is 6.20 Å². The van der Waals surface area contributed by atoms with Crippen molar-refractivity contribution in [2.75, 3.05) is 13.6 Å². The summed E-state index contributed by atoms with van der Waals surface area (Å²) in [6, 6.07) is 0. The lowest BCUT2D eigenvalue weighted by molar-refractivity contribution is -0.129. The summed E-state index contributed by atoms with van der Waals surface area (Å²) in [5.74, 6) is -0.419. The Morgan fingerprint density at radius 3 is 2.67 bits per heavy atom. The molecule has 0 aliphatic rings. The predicted molar refractivity (Wildman–Crippen MR) is 91.8 cm³/mol. The van der Waals surface area contributed by atoms with E-state index in [1.54, 1.807) is 9.42 Å². The number of primary amides is 1. The van der Waals surface area contributed by atoms with Crippen LogP contribution in [0.3, 0.4) is 0 Å². The lowest BCUT2D eigenvalue weighted by atomic mass is 10.1. The standard InChI is InChI=1S/C17H25N5O2/c1-5-6-9-21(4)15(23)8-7-13-11(2)20-17-14(16(18)24)10-19-22(17)12(13)3/h10H,5-9H2,1-4H3,(H2,18,24). The van der Waals surface area contributed by atoms with Gasteiger partial charge in [-0.25, -0.2) is 9.50 Å². The van der Waals surface area contributed by atoms with Crippen LogP contribution >= 0.6 is 0 Å². The van der Waals surface area contributed by atoms with Crippen molar-refractivity contribution >= 4 is 17.5 Å². The van der Waals surface area contributed by atoms with Gasteiger partial charge in [-0.05, 0) is 32.3 Å². The molecule has 0 aromatic carbocycles. The third-order valence-electron chi connectivity index (χ3n) is 4.34. The fourth-order valence-electron chi connectivity index (χ4n) is 2.79. The first kappa shape index (κ1) is 17.9. The molecule has 7 nitrogen and oxygen atoms in total. The van der Waals surface area contributed by atoms with E-state index in [-0.39, 0.29) is 5.91 Å². The van der Waals surface area contributed by atoms with E-state index in [1.807, 2.05) is 20.9 Å². The van der Waals surface area contributed by atoms with Crippen molar-refractivity contribution < 1.29 is 9.59 Å². The number of amides is 2. The third kappa shape index (κ3) is 3.55. The second kappa shape index (κ2) is 7.42. The molecule has 0 unspecified atom stereocenters. The number of carbonyl (C=O) groups excluding carboxylic acids is 2. The van der Waals surface area contributed by atoms with Crippen molar-refractivity contribution in [3.05, 3.63) is 28.7 Å². The summed E-state index contributed by atoms with van der Waals surface area (Å²) in [6.45, 7) is 6.69.